The summed E-state index contributed by atoms with van der Waals surface area (Å²) >= 11 is 0. The molecule has 104 valence electrons. The van der Waals surface area contributed by atoms with Crippen LogP contribution in [0.2, 0.25) is 0 Å². The van der Waals surface area contributed by atoms with Crippen LogP contribution in [0.15, 0.2) is 18.2 Å². The maximum Gasteiger partial charge on any atom is 0.405 e. The Labute approximate surface area is 117 Å². The summed E-state index contributed by atoms with van der Waals surface area (Å²) in [4.78, 5) is 11.1. The Balaban J connectivity index is 2.01. The van der Waals surface area contributed by atoms with Crippen LogP contribution >= 0.6 is 0 Å². The number of carbonyl (C=O) groups is 1. The third kappa shape index (κ3) is 2.18. The van der Waals surface area contributed by atoms with E-state index in [9.17, 15) is 4.79 Å². The number of amides is 1. The van der Waals surface area contributed by atoms with Crippen LogP contribution in [0.4, 0.5) is 10.5 Å². The number of nitriles is 1. The zero-order valence-corrected chi connectivity index (χ0v) is 11.3. The molecule has 0 radical (unpaired) electrons. The van der Waals surface area contributed by atoms with Gasteiger partial charge in [-0.1, -0.05) is 6.92 Å². The van der Waals surface area contributed by atoms with E-state index in [0.717, 1.165) is 11.3 Å². The number of anilines is 1. The first-order chi connectivity index (χ1) is 9.60. The van der Waals surface area contributed by atoms with Crippen LogP contribution in [0.25, 0.3) is 0 Å². The molecular weight excluding hydrogens is 254 g/mol. The van der Waals surface area contributed by atoms with Crippen LogP contribution in [0, 0.1) is 23.2 Å². The van der Waals surface area contributed by atoms with Crippen LogP contribution in [-0.4, -0.2) is 17.2 Å². The van der Waals surface area contributed by atoms with Crippen molar-refractivity contribution in [2.75, 3.05) is 5.32 Å². The van der Waals surface area contributed by atoms with Crippen molar-refractivity contribution in [3.8, 4) is 6.07 Å². The molecule has 1 amide bonds. The van der Waals surface area contributed by atoms with E-state index >= 15 is 0 Å². The molecule has 3 rings (SSSR count). The van der Waals surface area contributed by atoms with Gasteiger partial charge in [0.2, 0.25) is 0 Å². The number of carboxylic acid groups (broad SMARTS) is 1. The lowest BCUT2D eigenvalue weighted by Gasteiger charge is -2.39. The minimum atomic E-state index is -1.02. The largest absolute Gasteiger partial charge is 0.465 e. The van der Waals surface area contributed by atoms with Gasteiger partial charge in [-0.3, -0.25) is 0 Å². The van der Waals surface area contributed by atoms with Gasteiger partial charge in [-0.05, 0) is 42.5 Å². The average molecular weight is 271 g/mol. The molecule has 0 spiro atoms. The predicted octanol–water partition coefficient (Wildman–Crippen LogP) is 2.71. The Kier molecular flexibility index (Phi) is 3.01. The second-order valence-corrected chi connectivity index (χ2v) is 5.71. The molecule has 1 heterocycles. The van der Waals surface area contributed by atoms with Gasteiger partial charge in [-0.2, -0.15) is 5.26 Å². The summed E-state index contributed by atoms with van der Waals surface area (Å²) in [5, 5.41) is 24.2. The first-order valence-electron chi connectivity index (χ1n) is 6.90. The summed E-state index contributed by atoms with van der Waals surface area (Å²) in [6, 6.07) is 7.57. The highest BCUT2D eigenvalue weighted by molar-refractivity contribution is 5.68. The molecule has 0 saturated heterocycles. The van der Waals surface area contributed by atoms with E-state index in [0.29, 0.717) is 17.5 Å². The van der Waals surface area contributed by atoms with E-state index in [4.69, 9.17) is 10.4 Å². The fourth-order valence-corrected chi connectivity index (χ4v) is 3.17. The monoisotopic (exact) mass is 271 g/mol. The molecule has 0 aromatic heterocycles. The number of rotatable bonds is 2. The quantitative estimate of drug-likeness (QED) is 0.772. The van der Waals surface area contributed by atoms with Crippen molar-refractivity contribution >= 4 is 11.8 Å². The van der Waals surface area contributed by atoms with Gasteiger partial charge in [-0.15, -0.1) is 0 Å². The van der Waals surface area contributed by atoms with Crippen LogP contribution in [-0.2, 0) is 0 Å². The van der Waals surface area contributed by atoms with Crippen molar-refractivity contribution in [2.45, 2.75) is 31.8 Å². The first-order valence-corrected chi connectivity index (χ1v) is 6.90. The minimum absolute atomic E-state index is 0.167. The van der Waals surface area contributed by atoms with Gasteiger partial charge in [0.15, 0.2) is 0 Å². The van der Waals surface area contributed by atoms with Gasteiger partial charge in [0.05, 0.1) is 17.7 Å². The Bertz CT molecular complexity index is 589. The Morgan fingerprint density at radius 1 is 1.50 bits per heavy atom. The normalized spacial score (nSPS) is 27.9. The lowest BCUT2D eigenvalue weighted by atomic mass is 9.81. The molecule has 2 aliphatic rings. The molecule has 1 aromatic rings. The molecular formula is C15H17N3O2. The number of nitrogens with zero attached hydrogens (tertiary/aromatic N) is 1. The predicted molar refractivity (Wildman–Crippen MR) is 74.4 cm³/mol. The van der Waals surface area contributed by atoms with E-state index in [-0.39, 0.29) is 12.0 Å². The fraction of sp³-hybridized carbons (Fsp3) is 0.467. The Hall–Kier alpha value is -2.22. The van der Waals surface area contributed by atoms with Gasteiger partial charge in [-0.25, -0.2) is 4.79 Å². The maximum absolute atomic E-state index is 11.1. The van der Waals surface area contributed by atoms with Crippen molar-refractivity contribution in [2.24, 2.45) is 11.8 Å². The van der Waals surface area contributed by atoms with Crippen molar-refractivity contribution in [3.63, 3.8) is 0 Å². The van der Waals surface area contributed by atoms with E-state index in [1.165, 1.54) is 12.8 Å². The Morgan fingerprint density at radius 2 is 2.25 bits per heavy atom. The molecule has 5 nitrogen and oxygen atoms in total. The molecule has 1 aromatic carbocycles. The van der Waals surface area contributed by atoms with Crippen LogP contribution < -0.4 is 10.6 Å². The van der Waals surface area contributed by atoms with Gasteiger partial charge in [0.25, 0.3) is 0 Å². The smallest absolute Gasteiger partial charge is 0.405 e. The summed E-state index contributed by atoms with van der Waals surface area (Å²) in [6.07, 6.45) is 1.38. The number of hydrogen-bond acceptors (Lipinski definition) is 3. The highest BCUT2D eigenvalue weighted by Crippen LogP contribution is 2.45. The third-order valence-corrected chi connectivity index (χ3v) is 4.34. The number of hydrogen-bond donors (Lipinski definition) is 3. The summed E-state index contributed by atoms with van der Waals surface area (Å²) in [5.41, 5.74) is 2.37. The lowest BCUT2D eigenvalue weighted by molar-refractivity contribution is 0.181. The van der Waals surface area contributed by atoms with Crippen molar-refractivity contribution < 1.29 is 9.90 Å². The van der Waals surface area contributed by atoms with Crippen molar-refractivity contribution in [3.05, 3.63) is 29.3 Å². The standard InChI is InChI=1S/C15H17N3O2/c1-8-13(10-3-4-10)17-12-5-2-9(7-16)6-11(12)14(8)18-15(19)20/h2,5-6,8,10,13-14,17-18H,3-4H2,1H3,(H,19,20)/t8-,13+,14+/m0/s1. The van der Waals surface area contributed by atoms with Gasteiger partial charge < -0.3 is 15.7 Å². The molecule has 1 saturated carbocycles. The molecule has 5 heteroatoms. The average Bonchev–Trinajstić information content (AvgIpc) is 3.25. The van der Waals surface area contributed by atoms with E-state index < -0.39 is 6.09 Å². The molecule has 0 unspecified atom stereocenters. The molecule has 0 bridgehead atoms. The number of fused-ring (bicyclic) bond motifs is 1. The molecule has 3 atom stereocenters. The van der Waals surface area contributed by atoms with E-state index in [2.05, 4.69) is 23.6 Å². The van der Waals surface area contributed by atoms with Gasteiger partial charge in [0.1, 0.15) is 0 Å². The van der Waals surface area contributed by atoms with E-state index in [1.54, 1.807) is 12.1 Å². The Morgan fingerprint density at radius 3 is 2.85 bits per heavy atom. The molecule has 1 aliphatic carbocycles. The number of nitrogens with one attached hydrogen (secondary N) is 2. The summed E-state index contributed by atoms with van der Waals surface area (Å²) < 4.78 is 0. The lowest BCUT2D eigenvalue weighted by Crippen LogP contribution is -2.44. The zero-order valence-electron chi connectivity index (χ0n) is 11.3. The summed E-state index contributed by atoms with van der Waals surface area (Å²) in [5.74, 6) is 0.798. The van der Waals surface area contributed by atoms with Crippen LogP contribution in [0.5, 0.6) is 0 Å². The van der Waals surface area contributed by atoms with Gasteiger partial charge in [0, 0.05) is 17.6 Å². The topological polar surface area (TPSA) is 85.2 Å². The van der Waals surface area contributed by atoms with Crippen molar-refractivity contribution in [1.29, 1.82) is 5.26 Å². The third-order valence-electron chi connectivity index (χ3n) is 4.34. The highest BCUT2D eigenvalue weighted by atomic mass is 16.4. The summed E-state index contributed by atoms with van der Waals surface area (Å²) in [7, 11) is 0. The van der Waals surface area contributed by atoms with Gasteiger partial charge >= 0.3 is 6.09 Å². The highest BCUT2D eigenvalue weighted by Gasteiger charge is 2.42. The second kappa shape index (κ2) is 4.71. The second-order valence-electron chi connectivity index (χ2n) is 5.71. The zero-order chi connectivity index (χ0) is 14.3. The fourth-order valence-electron chi connectivity index (χ4n) is 3.17. The molecule has 3 N–H and O–H groups in total. The summed E-state index contributed by atoms with van der Waals surface area (Å²) in [6.45, 7) is 2.07. The SMILES string of the molecule is C[C@@H]1[C@@H](NC(=O)O)c2cc(C#N)ccc2N[C@H]1C1CC1. The van der Waals surface area contributed by atoms with E-state index in [1.807, 2.05) is 6.07 Å². The molecule has 1 aliphatic heterocycles. The molecule has 20 heavy (non-hydrogen) atoms. The maximum atomic E-state index is 11.1. The first kappa shape index (κ1) is 12.8. The number of benzene rings is 1. The van der Waals surface area contributed by atoms with Crippen LogP contribution in [0.1, 0.15) is 36.9 Å². The molecule has 1 fully saturated rings. The van der Waals surface area contributed by atoms with Crippen molar-refractivity contribution in [1.82, 2.24) is 5.32 Å². The minimum Gasteiger partial charge on any atom is -0.465 e. The van der Waals surface area contributed by atoms with Crippen LogP contribution in [0.3, 0.4) is 0 Å².